The van der Waals surface area contributed by atoms with Gasteiger partial charge in [-0.2, -0.15) is 10.0 Å². The van der Waals surface area contributed by atoms with E-state index in [9.17, 15) is 48.6 Å². The summed E-state index contributed by atoms with van der Waals surface area (Å²) in [5.74, 6) is -6.97. The van der Waals surface area contributed by atoms with E-state index in [-0.39, 0.29) is 67.1 Å². The molecule has 0 spiro atoms. The number of benzene rings is 5. The van der Waals surface area contributed by atoms with E-state index in [0.717, 1.165) is 0 Å². The molecule has 254 valence electrons. The number of nitrogens with one attached hydrogen (secondary N) is 2. The zero-order valence-corrected chi connectivity index (χ0v) is 26.4. The molecule has 0 saturated carbocycles. The predicted octanol–water partition coefficient (Wildman–Crippen LogP) is 3.44. The van der Waals surface area contributed by atoms with Crippen LogP contribution in [0.3, 0.4) is 0 Å². The topological polar surface area (TPSA) is 208 Å². The van der Waals surface area contributed by atoms with Gasteiger partial charge < -0.3 is 10.2 Å². The van der Waals surface area contributed by atoms with Gasteiger partial charge in [0, 0.05) is 22.3 Å². The van der Waals surface area contributed by atoms with E-state index in [2.05, 4.69) is 10.9 Å². The number of para-hydroxylation sites is 2. The number of amides is 6. The zero-order valence-electron chi connectivity index (χ0n) is 26.4. The highest BCUT2D eigenvalue weighted by molar-refractivity contribution is 6.24. The lowest BCUT2D eigenvalue weighted by atomic mass is 9.96. The molecule has 2 heterocycles. The van der Waals surface area contributed by atoms with Crippen LogP contribution < -0.4 is 10.9 Å². The van der Waals surface area contributed by atoms with Crippen LogP contribution in [0.2, 0.25) is 0 Å². The minimum Gasteiger partial charge on any atom is -0.507 e. The number of hydrogen-bond donors (Lipinski definition) is 4. The second-order valence-electron chi connectivity index (χ2n) is 11.6. The molecule has 0 aromatic heterocycles. The number of carbonyl (C=O) groups excluding carboxylic acids is 8. The van der Waals surface area contributed by atoms with Gasteiger partial charge in [0.2, 0.25) is 0 Å². The number of phenols is 2. The van der Waals surface area contributed by atoms with Gasteiger partial charge in [-0.15, -0.1) is 0 Å². The Labute approximate surface area is 292 Å². The van der Waals surface area contributed by atoms with Gasteiger partial charge in [-0.3, -0.25) is 49.2 Å². The largest absolute Gasteiger partial charge is 0.507 e. The van der Waals surface area contributed by atoms with Crippen LogP contribution in [-0.2, 0) is 0 Å². The van der Waals surface area contributed by atoms with E-state index >= 15 is 0 Å². The molecule has 2 aliphatic heterocycles. The number of imide groups is 2. The van der Waals surface area contributed by atoms with Crippen molar-refractivity contribution in [2.24, 2.45) is 0 Å². The van der Waals surface area contributed by atoms with Crippen LogP contribution in [0, 0.1) is 0 Å². The second kappa shape index (κ2) is 12.6. The van der Waals surface area contributed by atoms with Crippen LogP contribution in [0.4, 0.5) is 0 Å². The number of hydrazine groups is 2. The fourth-order valence-corrected chi connectivity index (χ4v) is 5.73. The standard InChI is InChI=1S/C38H22N4O10/c43-29-7-3-1-5-25(29)33(47)39-41-35(49)23-15-13-21(17-27(23)37(41)51)31(45)19-9-11-20(12-10-19)32(46)22-14-16-24-28(18-22)38(52)42(36(24)50)40-34(48)26-6-2-4-8-30(26)44/h1-18,43-44H,(H,39,47)(H,40,48). The highest BCUT2D eigenvalue weighted by Gasteiger charge is 2.39. The molecule has 5 aromatic carbocycles. The molecule has 52 heavy (non-hydrogen) atoms. The van der Waals surface area contributed by atoms with Gasteiger partial charge in [0.05, 0.1) is 33.4 Å². The van der Waals surface area contributed by atoms with Crippen LogP contribution in [0.5, 0.6) is 11.5 Å². The third-order valence-corrected chi connectivity index (χ3v) is 8.43. The summed E-state index contributed by atoms with van der Waals surface area (Å²) < 4.78 is 0. The molecule has 14 heteroatoms. The summed E-state index contributed by atoms with van der Waals surface area (Å²) in [6, 6.07) is 24.4. The minimum atomic E-state index is -0.894. The Morgan fingerprint density at radius 1 is 0.423 bits per heavy atom. The molecule has 6 amide bonds. The van der Waals surface area contributed by atoms with Crippen molar-refractivity contribution in [3.05, 3.63) is 165 Å². The van der Waals surface area contributed by atoms with E-state index in [1.807, 2.05) is 0 Å². The highest BCUT2D eigenvalue weighted by Crippen LogP contribution is 2.27. The summed E-state index contributed by atoms with van der Waals surface area (Å²) in [5.41, 5.74) is 4.10. The van der Waals surface area contributed by atoms with Crippen LogP contribution in [0.25, 0.3) is 0 Å². The average Bonchev–Trinajstić information content (AvgIpc) is 3.53. The molecule has 0 bridgehead atoms. The number of aromatic hydroxyl groups is 2. The first-order valence-electron chi connectivity index (χ1n) is 15.4. The molecule has 0 unspecified atom stereocenters. The lowest BCUT2D eigenvalue weighted by Gasteiger charge is -2.15. The Morgan fingerprint density at radius 2 is 0.750 bits per heavy atom. The number of ketones is 2. The summed E-state index contributed by atoms with van der Waals surface area (Å²) in [4.78, 5) is 104. The van der Waals surface area contributed by atoms with Crippen molar-refractivity contribution in [2.45, 2.75) is 0 Å². The normalized spacial score (nSPS) is 13.2. The minimum absolute atomic E-state index is 0.0457. The van der Waals surface area contributed by atoms with Crippen molar-refractivity contribution in [1.82, 2.24) is 20.9 Å². The van der Waals surface area contributed by atoms with Crippen LogP contribution in [-0.4, -0.2) is 67.2 Å². The fourth-order valence-electron chi connectivity index (χ4n) is 5.73. The van der Waals surface area contributed by atoms with Crippen molar-refractivity contribution in [3.63, 3.8) is 0 Å². The molecule has 0 atom stereocenters. The van der Waals surface area contributed by atoms with Crippen LogP contribution in [0.1, 0.15) is 94.0 Å². The average molecular weight is 695 g/mol. The summed E-state index contributed by atoms with van der Waals surface area (Å²) in [5, 5.41) is 20.9. The van der Waals surface area contributed by atoms with E-state index in [4.69, 9.17) is 0 Å². The molecular formula is C38H22N4O10. The van der Waals surface area contributed by atoms with E-state index < -0.39 is 47.0 Å². The molecule has 4 N–H and O–H groups in total. The molecule has 5 aromatic rings. The van der Waals surface area contributed by atoms with Crippen molar-refractivity contribution in [2.75, 3.05) is 0 Å². The maximum absolute atomic E-state index is 13.4. The number of carbonyl (C=O) groups is 8. The van der Waals surface area contributed by atoms with Crippen molar-refractivity contribution < 1.29 is 48.6 Å². The van der Waals surface area contributed by atoms with Gasteiger partial charge in [0.25, 0.3) is 35.4 Å². The molecule has 2 aliphatic rings. The lowest BCUT2D eigenvalue weighted by molar-refractivity contribution is 0.0512. The quantitative estimate of drug-likeness (QED) is 0.137. The summed E-state index contributed by atoms with van der Waals surface area (Å²) >= 11 is 0. The number of nitrogens with zero attached hydrogens (tertiary/aromatic N) is 2. The SMILES string of the molecule is O=C(c1ccc(C(=O)c2ccc3c(c2)C(=O)N(NC(=O)c2ccccc2O)C3=O)cc1)c1ccc2c(c1)C(=O)N(NC(=O)c1ccccc1O)C2=O. The lowest BCUT2D eigenvalue weighted by Crippen LogP contribution is -2.45. The van der Waals surface area contributed by atoms with Gasteiger partial charge in [-0.05, 0) is 48.5 Å². The van der Waals surface area contributed by atoms with Gasteiger partial charge in [-0.1, -0.05) is 60.7 Å². The Kier molecular flexibility index (Phi) is 7.95. The maximum atomic E-state index is 13.4. The summed E-state index contributed by atoms with van der Waals surface area (Å²) in [7, 11) is 0. The summed E-state index contributed by atoms with van der Waals surface area (Å²) in [6.45, 7) is 0. The molecule has 0 fully saturated rings. The smallest absolute Gasteiger partial charge is 0.280 e. The van der Waals surface area contributed by atoms with Crippen LogP contribution in [0.15, 0.2) is 109 Å². The van der Waals surface area contributed by atoms with Crippen LogP contribution >= 0.6 is 0 Å². The maximum Gasteiger partial charge on any atom is 0.280 e. The van der Waals surface area contributed by atoms with E-state index in [0.29, 0.717) is 10.0 Å². The van der Waals surface area contributed by atoms with Crippen molar-refractivity contribution in [3.8, 4) is 11.5 Å². The number of fused-ring (bicyclic) bond motifs is 2. The van der Waals surface area contributed by atoms with Gasteiger partial charge in [0.15, 0.2) is 11.6 Å². The second-order valence-corrected chi connectivity index (χ2v) is 11.6. The number of rotatable bonds is 8. The molecular weight excluding hydrogens is 672 g/mol. The molecule has 0 saturated heterocycles. The van der Waals surface area contributed by atoms with Crippen molar-refractivity contribution in [1.29, 1.82) is 0 Å². The fraction of sp³-hybridized carbons (Fsp3) is 0. The third kappa shape index (κ3) is 5.51. The Bertz CT molecular complexity index is 2280. The van der Waals surface area contributed by atoms with Gasteiger partial charge in [0.1, 0.15) is 11.5 Å². The Hall–Kier alpha value is -7.74. The first-order chi connectivity index (χ1) is 24.9. The third-order valence-electron chi connectivity index (χ3n) is 8.43. The van der Waals surface area contributed by atoms with Gasteiger partial charge in [-0.25, -0.2) is 0 Å². The number of phenolic OH excluding ortho intramolecular Hbond substituents is 2. The zero-order chi connectivity index (χ0) is 36.8. The first kappa shape index (κ1) is 32.8. The first-order valence-corrected chi connectivity index (χ1v) is 15.4. The summed E-state index contributed by atoms with van der Waals surface area (Å²) in [6.07, 6.45) is 0. The van der Waals surface area contributed by atoms with Gasteiger partial charge >= 0.3 is 0 Å². The van der Waals surface area contributed by atoms with Crippen molar-refractivity contribution >= 4 is 47.0 Å². The Morgan fingerprint density at radius 3 is 1.12 bits per heavy atom. The van der Waals surface area contributed by atoms with E-state index in [1.54, 1.807) is 0 Å². The number of hydrogen-bond acceptors (Lipinski definition) is 10. The highest BCUT2D eigenvalue weighted by atomic mass is 16.3. The molecule has 7 rings (SSSR count). The Balaban J connectivity index is 1.05. The molecule has 0 radical (unpaired) electrons. The van der Waals surface area contributed by atoms with E-state index in [1.165, 1.54) is 109 Å². The predicted molar refractivity (Wildman–Crippen MR) is 178 cm³/mol. The molecule has 0 aliphatic carbocycles. The monoisotopic (exact) mass is 694 g/mol. The molecule has 14 nitrogen and oxygen atoms in total.